The summed E-state index contributed by atoms with van der Waals surface area (Å²) in [7, 11) is 0. The van der Waals surface area contributed by atoms with Gasteiger partial charge in [0, 0.05) is 35.6 Å². The van der Waals surface area contributed by atoms with Crippen LogP contribution in [0.4, 0.5) is 5.82 Å². The predicted molar refractivity (Wildman–Crippen MR) is 70.3 cm³/mol. The van der Waals surface area contributed by atoms with E-state index in [0.717, 1.165) is 35.2 Å². The van der Waals surface area contributed by atoms with Gasteiger partial charge in [-0.25, -0.2) is 4.98 Å². The third-order valence-electron chi connectivity index (χ3n) is 2.81. The van der Waals surface area contributed by atoms with Crippen LogP contribution < -0.4 is 5.32 Å². The summed E-state index contributed by atoms with van der Waals surface area (Å²) in [4.78, 5) is 7.06. The van der Waals surface area contributed by atoms with Crippen molar-refractivity contribution in [2.75, 3.05) is 11.9 Å². The molecule has 0 amide bonds. The molecule has 0 fully saturated rings. The molecule has 0 aliphatic rings. The van der Waals surface area contributed by atoms with E-state index in [0.29, 0.717) is 0 Å². The van der Waals surface area contributed by atoms with E-state index >= 15 is 0 Å². The lowest BCUT2D eigenvalue weighted by Crippen LogP contribution is -2.07. The Bertz CT molecular complexity index is 627. The van der Waals surface area contributed by atoms with Gasteiger partial charge in [-0.05, 0) is 0 Å². The molecule has 0 radical (unpaired) electrons. The lowest BCUT2D eigenvalue weighted by Gasteiger charge is -2.06. The fourth-order valence-corrected chi connectivity index (χ4v) is 1.90. The largest absolute Gasteiger partial charge is 0.368 e. The number of nitrogens with zero attached hydrogens (tertiary/aromatic N) is 3. The van der Waals surface area contributed by atoms with Gasteiger partial charge in [-0.1, -0.05) is 24.3 Å². The van der Waals surface area contributed by atoms with Gasteiger partial charge in [0.05, 0.1) is 12.5 Å². The Morgan fingerprint density at radius 2 is 2.11 bits per heavy atom. The maximum atomic E-state index is 4.14. The van der Waals surface area contributed by atoms with Gasteiger partial charge < -0.3 is 10.3 Å². The minimum absolute atomic E-state index is 0.797. The maximum Gasteiger partial charge on any atom is 0.156 e. The highest BCUT2D eigenvalue weighted by atomic mass is 15.2. The predicted octanol–water partition coefficient (Wildman–Crippen LogP) is 2.01. The molecule has 2 heterocycles. The first-order valence-electron chi connectivity index (χ1n) is 5.85. The fourth-order valence-electron chi connectivity index (χ4n) is 1.90. The molecular formula is C13H13N5. The number of aromatic amines is 1. The summed E-state index contributed by atoms with van der Waals surface area (Å²) in [5, 5.41) is 13.6. The van der Waals surface area contributed by atoms with Crippen LogP contribution in [0.3, 0.4) is 0 Å². The van der Waals surface area contributed by atoms with E-state index < -0.39 is 0 Å². The standard InChI is InChI=1S/C13H13N5/c1-2-4-12-10(3-1)7-17-18-13(12)15-6-5-11-8-14-9-16-11/h1-4,7-9H,5-6H2,(H,14,16)(H,15,18). The number of fused-ring (bicyclic) bond motifs is 1. The summed E-state index contributed by atoms with van der Waals surface area (Å²) in [5.41, 5.74) is 1.11. The lowest BCUT2D eigenvalue weighted by molar-refractivity contribution is 0.952. The molecule has 0 aliphatic carbocycles. The van der Waals surface area contributed by atoms with Crippen LogP contribution in [0.25, 0.3) is 10.8 Å². The second-order valence-electron chi connectivity index (χ2n) is 4.03. The molecule has 0 spiro atoms. The summed E-state index contributed by atoms with van der Waals surface area (Å²) in [6.45, 7) is 0.797. The van der Waals surface area contributed by atoms with E-state index in [1.54, 1.807) is 12.5 Å². The van der Waals surface area contributed by atoms with Crippen molar-refractivity contribution in [1.82, 2.24) is 20.2 Å². The quantitative estimate of drug-likeness (QED) is 0.731. The van der Waals surface area contributed by atoms with Gasteiger partial charge in [0.2, 0.25) is 0 Å². The topological polar surface area (TPSA) is 66.5 Å². The van der Waals surface area contributed by atoms with Gasteiger partial charge in [-0.2, -0.15) is 5.10 Å². The number of imidazole rings is 1. The molecule has 0 aliphatic heterocycles. The zero-order chi connectivity index (χ0) is 12.2. The zero-order valence-corrected chi connectivity index (χ0v) is 9.80. The van der Waals surface area contributed by atoms with Gasteiger partial charge in [-0.15, -0.1) is 5.10 Å². The molecule has 2 aromatic heterocycles. The highest BCUT2D eigenvalue weighted by Gasteiger charge is 2.02. The molecule has 3 aromatic rings. The highest BCUT2D eigenvalue weighted by Crippen LogP contribution is 2.18. The Hall–Kier alpha value is -2.43. The number of rotatable bonds is 4. The van der Waals surface area contributed by atoms with Crippen LogP contribution in [0.15, 0.2) is 43.0 Å². The first-order valence-corrected chi connectivity index (χ1v) is 5.85. The molecule has 3 rings (SSSR count). The van der Waals surface area contributed by atoms with Gasteiger partial charge in [0.1, 0.15) is 0 Å². The van der Waals surface area contributed by atoms with E-state index in [-0.39, 0.29) is 0 Å². The Labute approximate surface area is 104 Å². The summed E-state index contributed by atoms with van der Waals surface area (Å²) >= 11 is 0. The molecule has 2 N–H and O–H groups in total. The fraction of sp³-hybridized carbons (Fsp3) is 0.154. The zero-order valence-electron chi connectivity index (χ0n) is 9.80. The van der Waals surface area contributed by atoms with Crippen molar-refractivity contribution in [2.24, 2.45) is 0 Å². The van der Waals surface area contributed by atoms with Gasteiger partial charge >= 0.3 is 0 Å². The molecule has 0 atom stereocenters. The summed E-state index contributed by atoms with van der Waals surface area (Å²) < 4.78 is 0. The van der Waals surface area contributed by atoms with Crippen molar-refractivity contribution >= 4 is 16.6 Å². The number of H-pyrrole nitrogens is 1. The van der Waals surface area contributed by atoms with Gasteiger partial charge in [-0.3, -0.25) is 0 Å². The smallest absolute Gasteiger partial charge is 0.156 e. The second-order valence-corrected chi connectivity index (χ2v) is 4.03. The summed E-state index contributed by atoms with van der Waals surface area (Å²) in [5.74, 6) is 0.826. The molecule has 5 heteroatoms. The van der Waals surface area contributed by atoms with Crippen molar-refractivity contribution in [3.05, 3.63) is 48.7 Å². The van der Waals surface area contributed by atoms with Crippen molar-refractivity contribution in [2.45, 2.75) is 6.42 Å². The maximum absolute atomic E-state index is 4.14. The lowest BCUT2D eigenvalue weighted by atomic mass is 10.2. The van der Waals surface area contributed by atoms with Gasteiger partial charge in [0.15, 0.2) is 5.82 Å². The van der Waals surface area contributed by atoms with Crippen LogP contribution in [0.2, 0.25) is 0 Å². The van der Waals surface area contributed by atoms with Crippen LogP contribution >= 0.6 is 0 Å². The third-order valence-corrected chi connectivity index (χ3v) is 2.81. The van der Waals surface area contributed by atoms with E-state index in [1.165, 1.54) is 0 Å². The minimum atomic E-state index is 0.797. The average Bonchev–Trinajstić information content (AvgIpc) is 2.92. The van der Waals surface area contributed by atoms with Crippen molar-refractivity contribution in [3.8, 4) is 0 Å². The first-order chi connectivity index (χ1) is 8.93. The van der Waals surface area contributed by atoms with Crippen LogP contribution in [-0.2, 0) is 6.42 Å². The van der Waals surface area contributed by atoms with Crippen LogP contribution in [-0.4, -0.2) is 26.7 Å². The molecule has 5 nitrogen and oxygen atoms in total. The van der Waals surface area contributed by atoms with Crippen molar-refractivity contribution in [1.29, 1.82) is 0 Å². The number of aromatic nitrogens is 4. The molecular weight excluding hydrogens is 226 g/mol. The van der Waals surface area contributed by atoms with Crippen LogP contribution in [0.1, 0.15) is 5.69 Å². The number of hydrogen-bond donors (Lipinski definition) is 2. The number of anilines is 1. The second kappa shape index (κ2) is 4.83. The Balaban J connectivity index is 1.74. The molecule has 90 valence electrons. The average molecular weight is 239 g/mol. The minimum Gasteiger partial charge on any atom is -0.368 e. The van der Waals surface area contributed by atoms with Crippen LogP contribution in [0, 0.1) is 0 Å². The van der Waals surface area contributed by atoms with Crippen molar-refractivity contribution < 1.29 is 0 Å². The Kier molecular flexibility index (Phi) is 2.87. The third kappa shape index (κ3) is 2.15. The summed E-state index contributed by atoms with van der Waals surface area (Å²) in [6.07, 6.45) is 6.17. The van der Waals surface area contributed by atoms with E-state index in [2.05, 4.69) is 25.5 Å². The van der Waals surface area contributed by atoms with E-state index in [9.17, 15) is 0 Å². The summed E-state index contributed by atoms with van der Waals surface area (Å²) in [6, 6.07) is 8.08. The molecule has 0 bridgehead atoms. The number of nitrogens with one attached hydrogen (secondary N) is 2. The molecule has 0 saturated heterocycles. The SMILES string of the molecule is c1ccc2c(NCCc3cnc[nH]3)nncc2c1. The Morgan fingerprint density at radius 3 is 3.00 bits per heavy atom. The van der Waals surface area contributed by atoms with Crippen LogP contribution in [0.5, 0.6) is 0 Å². The van der Waals surface area contributed by atoms with Crippen molar-refractivity contribution in [3.63, 3.8) is 0 Å². The van der Waals surface area contributed by atoms with Gasteiger partial charge in [0.25, 0.3) is 0 Å². The molecule has 18 heavy (non-hydrogen) atoms. The number of hydrogen-bond acceptors (Lipinski definition) is 4. The molecule has 1 aromatic carbocycles. The molecule has 0 saturated carbocycles. The number of benzene rings is 1. The van der Waals surface area contributed by atoms with E-state index in [4.69, 9.17) is 0 Å². The Morgan fingerprint density at radius 1 is 1.17 bits per heavy atom. The molecule has 0 unspecified atom stereocenters. The normalized spacial score (nSPS) is 10.7. The van der Waals surface area contributed by atoms with E-state index in [1.807, 2.05) is 30.5 Å². The first kappa shape index (κ1) is 10.7. The highest BCUT2D eigenvalue weighted by molar-refractivity contribution is 5.90. The monoisotopic (exact) mass is 239 g/mol.